The van der Waals surface area contributed by atoms with E-state index in [-0.39, 0.29) is 12.1 Å². The largest absolute Gasteiger partial charge is 0.667 e. The molecule has 0 radical (unpaired) electrons. The van der Waals surface area contributed by atoms with Crippen molar-refractivity contribution in [2.45, 2.75) is 43.2 Å². The minimum Gasteiger partial charge on any atom is -0.667 e. The maximum absolute atomic E-state index is 13.9. The van der Waals surface area contributed by atoms with E-state index in [0.717, 1.165) is 0 Å². The van der Waals surface area contributed by atoms with Gasteiger partial charge in [0.25, 0.3) is 5.92 Å². The van der Waals surface area contributed by atoms with E-state index in [0.29, 0.717) is 12.8 Å². The molecule has 0 bridgehead atoms. The van der Waals surface area contributed by atoms with Gasteiger partial charge in [0.2, 0.25) is 5.91 Å². The number of nitrogens with zero attached hydrogens (tertiary/aromatic N) is 2. The van der Waals surface area contributed by atoms with E-state index in [1.165, 1.54) is 24.4 Å². The Balaban J connectivity index is 1.87. The summed E-state index contributed by atoms with van der Waals surface area (Å²) < 4.78 is 27.7. The van der Waals surface area contributed by atoms with E-state index in [1.54, 1.807) is 0 Å². The molecule has 112 valence electrons. The van der Waals surface area contributed by atoms with Gasteiger partial charge in [-0.15, -0.1) is 0 Å². The fourth-order valence-corrected chi connectivity index (χ4v) is 1.88. The van der Waals surface area contributed by atoms with Gasteiger partial charge in [0.15, 0.2) is 0 Å². The average molecular weight is 293 g/mol. The maximum Gasteiger partial charge on any atom is 0.289 e. The molecule has 1 aliphatic rings. The lowest BCUT2D eigenvalue weighted by Crippen LogP contribution is -2.41. The summed E-state index contributed by atoms with van der Waals surface area (Å²) in [5.41, 5.74) is 6.39. The predicted octanol–water partition coefficient (Wildman–Crippen LogP) is 2.55. The second-order valence-electron chi connectivity index (χ2n) is 5.19. The number of carbonyl (C=O) groups excluding carboxylic acids is 1. The van der Waals surface area contributed by atoms with Crippen LogP contribution in [0.25, 0.3) is 5.73 Å². The van der Waals surface area contributed by atoms with Crippen LogP contribution < -0.4 is 5.32 Å². The molecule has 0 spiro atoms. The summed E-state index contributed by atoms with van der Waals surface area (Å²) in [5.74, 6) is -3.85. The van der Waals surface area contributed by atoms with Gasteiger partial charge in [0, 0.05) is 12.6 Å². The van der Waals surface area contributed by atoms with E-state index in [1.807, 2.05) is 6.07 Å². The Morgan fingerprint density at radius 1 is 1.57 bits per heavy atom. The van der Waals surface area contributed by atoms with Gasteiger partial charge >= 0.3 is 0 Å². The van der Waals surface area contributed by atoms with Crippen molar-refractivity contribution in [2.75, 3.05) is 0 Å². The highest BCUT2D eigenvalue weighted by Gasteiger charge is 2.44. The number of carbonyl (C=O) groups is 1. The van der Waals surface area contributed by atoms with Crippen molar-refractivity contribution in [3.8, 4) is 6.07 Å². The summed E-state index contributed by atoms with van der Waals surface area (Å²) in [6, 6.07) is 4.87. The molecule has 5 nitrogen and oxygen atoms in total. The number of amides is 1. The van der Waals surface area contributed by atoms with Crippen molar-refractivity contribution < 1.29 is 13.6 Å². The maximum atomic E-state index is 13.9. The zero-order chi connectivity index (χ0) is 15.5. The zero-order valence-corrected chi connectivity index (χ0v) is 11.3. The minimum atomic E-state index is -3.17. The third-order valence-corrected chi connectivity index (χ3v) is 3.43. The number of hydrogen-bond acceptors (Lipinski definition) is 3. The highest BCUT2D eigenvalue weighted by molar-refractivity contribution is 5.84. The van der Waals surface area contributed by atoms with Crippen LogP contribution in [0.2, 0.25) is 0 Å². The van der Waals surface area contributed by atoms with E-state index in [4.69, 9.17) is 11.0 Å². The zero-order valence-electron chi connectivity index (χ0n) is 11.3. The van der Waals surface area contributed by atoms with Crippen molar-refractivity contribution in [3.05, 3.63) is 35.8 Å². The summed E-state index contributed by atoms with van der Waals surface area (Å²) in [6.45, 7) is 0. The van der Waals surface area contributed by atoms with Gasteiger partial charge in [0.05, 0.1) is 6.07 Å². The number of aromatic nitrogens is 1. The first kappa shape index (κ1) is 15.3. The van der Waals surface area contributed by atoms with E-state index in [2.05, 4.69) is 10.3 Å². The first-order chi connectivity index (χ1) is 9.88. The molecule has 21 heavy (non-hydrogen) atoms. The van der Waals surface area contributed by atoms with Crippen LogP contribution in [0.3, 0.4) is 0 Å². The highest BCUT2D eigenvalue weighted by Crippen LogP contribution is 2.35. The lowest BCUT2D eigenvalue weighted by molar-refractivity contribution is -0.122. The molecule has 0 unspecified atom stereocenters. The second kappa shape index (κ2) is 5.74. The van der Waals surface area contributed by atoms with Crippen LogP contribution in [0, 0.1) is 11.3 Å². The van der Waals surface area contributed by atoms with Crippen LogP contribution in [0.15, 0.2) is 24.4 Å². The third kappa shape index (κ3) is 3.73. The normalized spacial score (nSPS) is 17.6. The van der Waals surface area contributed by atoms with Gasteiger partial charge < -0.3 is 11.1 Å². The Bertz CT molecular complexity index is 552. The van der Waals surface area contributed by atoms with Gasteiger partial charge in [-0.05, 0) is 25.0 Å². The van der Waals surface area contributed by atoms with Crippen LogP contribution >= 0.6 is 0 Å². The van der Waals surface area contributed by atoms with Crippen molar-refractivity contribution in [2.24, 2.45) is 0 Å². The number of rotatable bonds is 6. The van der Waals surface area contributed by atoms with Crippen molar-refractivity contribution in [1.29, 1.82) is 5.26 Å². The lowest BCUT2D eigenvalue weighted by Gasteiger charge is -2.24. The highest BCUT2D eigenvalue weighted by atomic mass is 19.3. The molecule has 7 heteroatoms. The van der Waals surface area contributed by atoms with E-state index < -0.39 is 29.8 Å². The Hall–Kier alpha value is -2.07. The summed E-state index contributed by atoms with van der Waals surface area (Å²) >= 11 is 0. The number of halogens is 2. The molecule has 1 fully saturated rings. The topological polar surface area (TPSA) is 89.6 Å². The molecule has 0 aliphatic heterocycles. The molecule has 1 amide bonds. The molecular formula is C14H15F2N4O-. The van der Waals surface area contributed by atoms with Crippen molar-refractivity contribution in [1.82, 2.24) is 10.3 Å². The minimum absolute atomic E-state index is 0.295. The Labute approximate surface area is 121 Å². The second-order valence-corrected chi connectivity index (χ2v) is 5.19. The molecule has 1 aromatic rings. The SMILES string of the molecule is N#CC1(NC(=O)[C@@H]([NH-])CCC(F)(F)c2ccccn2)CC1. The summed E-state index contributed by atoms with van der Waals surface area (Å²) in [6.07, 6.45) is 1.44. The van der Waals surface area contributed by atoms with Crippen LogP contribution in [-0.4, -0.2) is 22.5 Å². The summed E-state index contributed by atoms with van der Waals surface area (Å²) in [7, 11) is 0. The van der Waals surface area contributed by atoms with Gasteiger partial charge in [-0.2, -0.15) is 14.0 Å². The molecule has 0 aromatic carbocycles. The summed E-state index contributed by atoms with van der Waals surface area (Å²) in [4.78, 5) is 15.3. The average Bonchev–Trinajstić information content (AvgIpc) is 3.26. The van der Waals surface area contributed by atoms with Gasteiger partial charge in [-0.1, -0.05) is 18.5 Å². The van der Waals surface area contributed by atoms with Gasteiger partial charge in [-0.3, -0.25) is 9.78 Å². The molecule has 2 N–H and O–H groups in total. The third-order valence-electron chi connectivity index (χ3n) is 3.43. The lowest BCUT2D eigenvalue weighted by atomic mass is 10.0. The molecule has 1 aromatic heterocycles. The van der Waals surface area contributed by atoms with Gasteiger partial charge in [0.1, 0.15) is 11.2 Å². The number of nitriles is 1. The fraction of sp³-hybridized carbons (Fsp3) is 0.500. The number of nitrogens with one attached hydrogen (secondary N) is 2. The van der Waals surface area contributed by atoms with Crippen molar-refractivity contribution >= 4 is 5.91 Å². The van der Waals surface area contributed by atoms with Gasteiger partial charge in [-0.25, -0.2) is 0 Å². The van der Waals surface area contributed by atoms with Crippen LogP contribution in [0.4, 0.5) is 8.78 Å². The molecule has 1 atom stereocenters. The number of alkyl halides is 2. The number of hydrogen-bond donors (Lipinski definition) is 1. The molecule has 1 saturated carbocycles. The fourth-order valence-electron chi connectivity index (χ4n) is 1.88. The molecule has 1 aliphatic carbocycles. The number of pyridine rings is 1. The van der Waals surface area contributed by atoms with E-state index >= 15 is 0 Å². The summed E-state index contributed by atoms with van der Waals surface area (Å²) in [5, 5.41) is 11.3. The molecule has 1 heterocycles. The van der Waals surface area contributed by atoms with Crippen LogP contribution in [0.5, 0.6) is 0 Å². The van der Waals surface area contributed by atoms with Crippen molar-refractivity contribution in [3.63, 3.8) is 0 Å². The molecule has 2 rings (SSSR count). The Morgan fingerprint density at radius 3 is 2.81 bits per heavy atom. The standard InChI is InChI=1S/C14H15F2N4O/c15-14(16,11-3-1-2-8-19-11)5-4-10(18)12(21)20-13(9-17)6-7-13/h1-3,8,10,18H,4-7H2,(H,20,21)/q-1/t10-/m0/s1. The molecule has 0 saturated heterocycles. The smallest absolute Gasteiger partial charge is 0.289 e. The van der Waals surface area contributed by atoms with Crippen LogP contribution in [0.1, 0.15) is 31.4 Å². The first-order valence-electron chi connectivity index (χ1n) is 6.62. The van der Waals surface area contributed by atoms with E-state index in [9.17, 15) is 13.6 Å². The molecular weight excluding hydrogens is 278 g/mol. The monoisotopic (exact) mass is 293 g/mol. The Kier molecular flexibility index (Phi) is 4.19. The predicted molar refractivity (Wildman–Crippen MR) is 71.2 cm³/mol. The quantitative estimate of drug-likeness (QED) is 0.874. The first-order valence-corrected chi connectivity index (χ1v) is 6.62. The van der Waals surface area contributed by atoms with Crippen LogP contribution in [-0.2, 0) is 10.7 Å². The Morgan fingerprint density at radius 2 is 2.29 bits per heavy atom.